The van der Waals surface area contributed by atoms with Crippen LogP contribution in [0.15, 0.2) is 0 Å². The van der Waals surface area contributed by atoms with Crippen molar-refractivity contribution in [1.82, 2.24) is 10.0 Å². The molecule has 0 aliphatic carbocycles. The van der Waals surface area contributed by atoms with Crippen molar-refractivity contribution in [3.8, 4) is 0 Å². The van der Waals surface area contributed by atoms with Gasteiger partial charge in [-0.25, -0.2) is 13.1 Å². The van der Waals surface area contributed by atoms with Gasteiger partial charge in [0, 0.05) is 13.1 Å². The van der Waals surface area contributed by atoms with E-state index < -0.39 is 15.4 Å². The summed E-state index contributed by atoms with van der Waals surface area (Å²) in [5.41, 5.74) is 5.04. The van der Waals surface area contributed by atoms with Gasteiger partial charge in [-0.2, -0.15) is 0 Å². The minimum atomic E-state index is -3.28. The number of hydrogen-bond acceptors (Lipinski definition) is 4. The van der Waals surface area contributed by atoms with Gasteiger partial charge in [-0.1, -0.05) is 13.8 Å². The maximum atomic E-state index is 11.9. The highest BCUT2D eigenvalue weighted by atomic mass is 32.2. The minimum Gasteiger partial charge on any atom is -0.355 e. The highest BCUT2D eigenvalue weighted by molar-refractivity contribution is 7.89. The zero-order valence-corrected chi connectivity index (χ0v) is 11.6. The van der Waals surface area contributed by atoms with E-state index in [4.69, 9.17) is 5.73 Å². The molecule has 0 aliphatic heterocycles. The maximum absolute atomic E-state index is 11.9. The molecule has 0 atom stereocenters. The Balaban J connectivity index is 4.36. The van der Waals surface area contributed by atoms with Gasteiger partial charge in [0.2, 0.25) is 15.9 Å². The highest BCUT2D eigenvalue weighted by Crippen LogP contribution is 2.24. The van der Waals surface area contributed by atoms with E-state index in [0.717, 1.165) is 0 Å². The molecule has 0 radical (unpaired) electrons. The Hall–Kier alpha value is -0.660. The number of nitrogens with one attached hydrogen (secondary N) is 2. The lowest BCUT2D eigenvalue weighted by Gasteiger charge is -2.28. The number of carbonyl (C=O) groups is 1. The van der Waals surface area contributed by atoms with Crippen LogP contribution >= 0.6 is 0 Å². The van der Waals surface area contributed by atoms with Crippen LogP contribution in [-0.4, -0.2) is 40.2 Å². The molecule has 0 aromatic heterocycles. The molecule has 4 N–H and O–H groups in total. The summed E-state index contributed by atoms with van der Waals surface area (Å²) in [4.78, 5) is 11.9. The SMILES string of the molecule is CCC(CC)(CN)C(=O)NCCS(=O)(=O)NC. The van der Waals surface area contributed by atoms with E-state index in [1.807, 2.05) is 13.8 Å². The number of sulfonamides is 1. The molecule has 1 amide bonds. The molecule has 0 aliphatic rings. The molecular formula is C10H23N3O3S. The van der Waals surface area contributed by atoms with Crippen LogP contribution in [0.3, 0.4) is 0 Å². The molecule has 0 unspecified atom stereocenters. The fourth-order valence-corrected chi connectivity index (χ4v) is 2.12. The first-order chi connectivity index (χ1) is 7.87. The van der Waals surface area contributed by atoms with Crippen LogP contribution in [-0.2, 0) is 14.8 Å². The maximum Gasteiger partial charge on any atom is 0.227 e. The lowest BCUT2D eigenvalue weighted by Crippen LogP contribution is -2.46. The Kier molecular flexibility index (Phi) is 6.66. The third-order valence-corrected chi connectivity index (χ3v) is 4.56. The van der Waals surface area contributed by atoms with E-state index in [1.165, 1.54) is 7.05 Å². The van der Waals surface area contributed by atoms with Gasteiger partial charge in [0.15, 0.2) is 0 Å². The van der Waals surface area contributed by atoms with Gasteiger partial charge in [0.05, 0.1) is 11.2 Å². The molecule has 0 heterocycles. The summed E-state index contributed by atoms with van der Waals surface area (Å²) >= 11 is 0. The zero-order valence-electron chi connectivity index (χ0n) is 10.7. The largest absolute Gasteiger partial charge is 0.355 e. The van der Waals surface area contributed by atoms with E-state index in [2.05, 4.69) is 10.0 Å². The van der Waals surface area contributed by atoms with Gasteiger partial charge in [-0.15, -0.1) is 0 Å². The Morgan fingerprint density at radius 2 is 1.82 bits per heavy atom. The summed E-state index contributed by atoms with van der Waals surface area (Å²) in [6.07, 6.45) is 1.29. The molecule has 0 bridgehead atoms. The van der Waals surface area contributed by atoms with Gasteiger partial charge in [-0.3, -0.25) is 4.79 Å². The second kappa shape index (κ2) is 6.93. The van der Waals surface area contributed by atoms with E-state index in [0.29, 0.717) is 12.8 Å². The minimum absolute atomic E-state index is 0.101. The first-order valence-electron chi connectivity index (χ1n) is 5.77. The van der Waals surface area contributed by atoms with Crippen LogP contribution in [0.4, 0.5) is 0 Å². The second-order valence-corrected chi connectivity index (χ2v) is 6.02. The Bertz CT molecular complexity index is 328. The van der Waals surface area contributed by atoms with Crippen molar-refractivity contribution in [2.24, 2.45) is 11.1 Å². The predicted molar refractivity (Wildman–Crippen MR) is 67.9 cm³/mol. The van der Waals surface area contributed by atoms with Gasteiger partial charge in [0.25, 0.3) is 0 Å². The Morgan fingerprint density at radius 1 is 1.29 bits per heavy atom. The summed E-state index contributed by atoms with van der Waals surface area (Å²) < 4.78 is 24.5. The molecular weight excluding hydrogens is 242 g/mol. The van der Waals surface area contributed by atoms with Crippen LogP contribution < -0.4 is 15.8 Å². The first-order valence-corrected chi connectivity index (χ1v) is 7.42. The van der Waals surface area contributed by atoms with Crippen LogP contribution in [0.2, 0.25) is 0 Å². The number of hydrogen-bond donors (Lipinski definition) is 3. The van der Waals surface area contributed by atoms with E-state index >= 15 is 0 Å². The van der Waals surface area contributed by atoms with Gasteiger partial charge < -0.3 is 11.1 Å². The molecule has 0 aromatic carbocycles. The van der Waals surface area contributed by atoms with Crippen molar-refractivity contribution in [2.75, 3.05) is 25.9 Å². The first kappa shape index (κ1) is 16.3. The monoisotopic (exact) mass is 265 g/mol. The van der Waals surface area contributed by atoms with Crippen LogP contribution in [0.25, 0.3) is 0 Å². The lowest BCUT2D eigenvalue weighted by atomic mass is 9.81. The molecule has 0 spiro atoms. The van der Waals surface area contributed by atoms with E-state index in [9.17, 15) is 13.2 Å². The summed E-state index contributed by atoms with van der Waals surface area (Å²) in [6.45, 7) is 4.18. The highest BCUT2D eigenvalue weighted by Gasteiger charge is 2.33. The van der Waals surface area contributed by atoms with E-state index in [1.54, 1.807) is 0 Å². The molecule has 0 aromatic rings. The Morgan fingerprint density at radius 3 is 2.18 bits per heavy atom. The molecule has 0 rings (SSSR count). The molecule has 0 saturated heterocycles. The standard InChI is InChI=1S/C10H23N3O3S/c1-4-10(5-2,8-11)9(14)13-6-7-17(15,16)12-3/h12H,4-8,11H2,1-3H3,(H,13,14). The third kappa shape index (κ3) is 4.61. The lowest BCUT2D eigenvalue weighted by molar-refractivity contribution is -0.130. The predicted octanol–water partition coefficient (Wildman–Crippen LogP) is -0.583. The van der Waals surface area contributed by atoms with Crippen molar-refractivity contribution in [2.45, 2.75) is 26.7 Å². The fraction of sp³-hybridized carbons (Fsp3) is 0.900. The second-order valence-electron chi connectivity index (χ2n) is 3.97. The molecule has 102 valence electrons. The number of carbonyl (C=O) groups excluding carboxylic acids is 1. The quantitative estimate of drug-likeness (QED) is 0.546. The van der Waals surface area contributed by atoms with Gasteiger partial charge in [0.1, 0.15) is 0 Å². The molecule has 6 nitrogen and oxygen atoms in total. The summed E-state index contributed by atoms with van der Waals surface area (Å²) in [5, 5.41) is 2.63. The summed E-state index contributed by atoms with van der Waals surface area (Å²) in [7, 11) is -1.93. The van der Waals surface area contributed by atoms with Gasteiger partial charge >= 0.3 is 0 Å². The average Bonchev–Trinajstić information content (AvgIpc) is 2.32. The fourth-order valence-electron chi connectivity index (χ4n) is 1.54. The molecule has 17 heavy (non-hydrogen) atoms. The topological polar surface area (TPSA) is 101 Å². The number of rotatable bonds is 8. The number of amides is 1. The van der Waals surface area contributed by atoms with Crippen molar-refractivity contribution in [3.05, 3.63) is 0 Å². The van der Waals surface area contributed by atoms with Crippen molar-refractivity contribution in [1.29, 1.82) is 0 Å². The van der Waals surface area contributed by atoms with E-state index in [-0.39, 0.29) is 24.7 Å². The number of nitrogens with two attached hydrogens (primary N) is 1. The zero-order chi connectivity index (χ0) is 13.5. The molecule has 0 saturated carbocycles. The normalized spacial score (nSPS) is 12.5. The van der Waals surface area contributed by atoms with Gasteiger partial charge in [-0.05, 0) is 19.9 Å². The van der Waals surface area contributed by atoms with Crippen molar-refractivity contribution >= 4 is 15.9 Å². The molecule has 0 fully saturated rings. The average molecular weight is 265 g/mol. The summed E-state index contributed by atoms with van der Waals surface area (Å²) in [5.74, 6) is -0.292. The third-order valence-electron chi connectivity index (χ3n) is 3.19. The van der Waals surface area contributed by atoms with Crippen LogP contribution in [0.5, 0.6) is 0 Å². The Labute approximate surface area is 103 Å². The van der Waals surface area contributed by atoms with Crippen molar-refractivity contribution in [3.63, 3.8) is 0 Å². The smallest absolute Gasteiger partial charge is 0.227 e. The molecule has 7 heteroatoms. The van der Waals surface area contributed by atoms with Crippen LogP contribution in [0, 0.1) is 5.41 Å². The summed E-state index contributed by atoms with van der Waals surface area (Å²) in [6, 6.07) is 0. The van der Waals surface area contributed by atoms with Crippen LogP contribution in [0.1, 0.15) is 26.7 Å². The van der Waals surface area contributed by atoms with Crippen molar-refractivity contribution < 1.29 is 13.2 Å².